The summed E-state index contributed by atoms with van der Waals surface area (Å²) in [5, 5.41) is 2.85. The van der Waals surface area contributed by atoms with Crippen LogP contribution in [0.3, 0.4) is 0 Å². The second-order valence-corrected chi connectivity index (χ2v) is 7.63. The number of ether oxygens (including phenoxy) is 1. The van der Waals surface area contributed by atoms with E-state index in [0.717, 1.165) is 10.5 Å². The lowest BCUT2D eigenvalue weighted by molar-refractivity contribution is -0.138. The monoisotopic (exact) mass is 483 g/mol. The maximum absolute atomic E-state index is 13.1. The van der Waals surface area contributed by atoms with Crippen molar-refractivity contribution in [3.05, 3.63) is 92.5 Å². The van der Waals surface area contributed by atoms with Gasteiger partial charge in [-0.3, -0.25) is 14.3 Å². The van der Waals surface area contributed by atoms with E-state index in [9.17, 15) is 14.4 Å². The molecule has 0 saturated heterocycles. The van der Waals surface area contributed by atoms with Crippen molar-refractivity contribution in [1.29, 1.82) is 0 Å². The summed E-state index contributed by atoms with van der Waals surface area (Å²) in [7, 11) is 1.75. The summed E-state index contributed by atoms with van der Waals surface area (Å²) in [5.74, 6) is -1.11. The molecule has 0 aliphatic rings. The molecule has 1 aromatic heterocycles. The van der Waals surface area contributed by atoms with Gasteiger partial charge in [-0.2, -0.15) is 0 Å². The van der Waals surface area contributed by atoms with Gasteiger partial charge >= 0.3 is 5.97 Å². The molecule has 0 unspecified atom stereocenters. The molecule has 0 atom stereocenters. The molecule has 2 aromatic carbocycles. The molecular weight excluding hydrogens is 462 g/mol. The molecule has 0 amide bonds. The van der Waals surface area contributed by atoms with Crippen LogP contribution in [0, 0.1) is 6.92 Å². The van der Waals surface area contributed by atoms with Gasteiger partial charge in [0.1, 0.15) is 11.4 Å². The van der Waals surface area contributed by atoms with Crippen LogP contribution in [-0.4, -0.2) is 27.7 Å². The van der Waals surface area contributed by atoms with Gasteiger partial charge in [0.2, 0.25) is 0 Å². The number of hydrogen-bond donors (Lipinski definition) is 1. The number of para-hydroxylation sites is 1. The van der Waals surface area contributed by atoms with Crippen LogP contribution < -0.4 is 10.9 Å². The Balaban J connectivity index is 2.03. The molecule has 0 aliphatic heterocycles. The summed E-state index contributed by atoms with van der Waals surface area (Å²) < 4.78 is 9.08. The number of ketones is 1. The van der Waals surface area contributed by atoms with Crippen LogP contribution in [0.25, 0.3) is 5.69 Å². The van der Waals surface area contributed by atoms with E-state index in [2.05, 4.69) is 21.2 Å². The van der Waals surface area contributed by atoms with E-state index in [1.807, 2.05) is 30.3 Å². The lowest BCUT2D eigenvalue weighted by Crippen LogP contribution is -2.23. The fourth-order valence-electron chi connectivity index (χ4n) is 3.03. The number of nitrogens with zero attached hydrogens (tertiary/aromatic N) is 2. The van der Waals surface area contributed by atoms with Crippen LogP contribution in [0.1, 0.15) is 23.0 Å². The van der Waals surface area contributed by atoms with Crippen molar-refractivity contribution in [2.24, 2.45) is 7.05 Å². The van der Waals surface area contributed by atoms with E-state index < -0.39 is 5.97 Å². The van der Waals surface area contributed by atoms with Crippen molar-refractivity contribution in [2.45, 2.75) is 13.8 Å². The molecule has 0 bridgehead atoms. The average Bonchev–Trinajstić information content (AvgIpc) is 2.97. The predicted octanol–water partition coefficient (Wildman–Crippen LogP) is 3.99. The number of hydrogen-bond acceptors (Lipinski definition) is 5. The van der Waals surface area contributed by atoms with Crippen molar-refractivity contribution >= 4 is 33.4 Å². The van der Waals surface area contributed by atoms with E-state index in [0.29, 0.717) is 16.9 Å². The van der Waals surface area contributed by atoms with Crippen LogP contribution in [0.4, 0.5) is 5.69 Å². The molecule has 1 heterocycles. The average molecular weight is 484 g/mol. The minimum absolute atomic E-state index is 0.110. The third-order valence-electron chi connectivity index (χ3n) is 4.71. The van der Waals surface area contributed by atoms with E-state index in [-0.39, 0.29) is 29.3 Å². The van der Waals surface area contributed by atoms with Crippen LogP contribution in [0.5, 0.6) is 0 Å². The zero-order valence-electron chi connectivity index (χ0n) is 17.4. The van der Waals surface area contributed by atoms with Gasteiger partial charge in [0.25, 0.3) is 5.56 Å². The molecule has 8 heteroatoms. The molecule has 0 spiro atoms. The van der Waals surface area contributed by atoms with E-state index >= 15 is 0 Å². The normalized spacial score (nSPS) is 11.3. The predicted molar refractivity (Wildman–Crippen MR) is 123 cm³/mol. The number of carbonyl (C=O) groups is 2. The van der Waals surface area contributed by atoms with Crippen molar-refractivity contribution in [1.82, 2.24) is 9.36 Å². The fraction of sp³-hybridized carbons (Fsp3) is 0.174. The van der Waals surface area contributed by atoms with Gasteiger partial charge in [-0.15, -0.1) is 0 Å². The number of halogens is 1. The summed E-state index contributed by atoms with van der Waals surface area (Å²) >= 11 is 3.33. The second-order valence-electron chi connectivity index (χ2n) is 6.71. The third-order valence-corrected chi connectivity index (χ3v) is 5.24. The first-order chi connectivity index (χ1) is 14.8. The summed E-state index contributed by atoms with van der Waals surface area (Å²) in [5.41, 5.74) is 1.41. The number of allylic oxidation sites excluding steroid dienone is 1. The Bertz CT molecular complexity index is 1190. The van der Waals surface area contributed by atoms with Gasteiger partial charge in [-0.25, -0.2) is 9.48 Å². The second kappa shape index (κ2) is 9.61. The molecule has 31 heavy (non-hydrogen) atoms. The highest BCUT2D eigenvalue weighted by atomic mass is 79.9. The number of aromatic nitrogens is 2. The maximum Gasteiger partial charge on any atom is 0.354 e. The Labute approximate surface area is 188 Å². The van der Waals surface area contributed by atoms with Crippen molar-refractivity contribution in [3.8, 4) is 5.69 Å². The highest BCUT2D eigenvalue weighted by Gasteiger charge is 2.21. The molecule has 1 N–H and O–H groups in total. The Morgan fingerprint density at radius 1 is 1.10 bits per heavy atom. The number of esters is 1. The van der Waals surface area contributed by atoms with E-state index in [1.54, 1.807) is 49.8 Å². The van der Waals surface area contributed by atoms with Crippen LogP contribution in [-0.2, 0) is 16.6 Å². The van der Waals surface area contributed by atoms with Crippen molar-refractivity contribution in [2.75, 3.05) is 11.9 Å². The maximum atomic E-state index is 13.1. The number of rotatable bonds is 7. The minimum Gasteiger partial charge on any atom is -0.461 e. The first kappa shape index (κ1) is 22.3. The standard InChI is InChI=1S/C23H22BrN3O4/c1-4-31-23(30)19(14-20(28)16-10-12-17(24)13-11-16)25-21-15(2)26(3)27(22(21)29)18-8-6-5-7-9-18/h5-14,25H,4H2,1-3H3. The Hall–Kier alpha value is -3.39. The smallest absolute Gasteiger partial charge is 0.354 e. The molecule has 7 nitrogen and oxygen atoms in total. The minimum atomic E-state index is -0.720. The summed E-state index contributed by atoms with van der Waals surface area (Å²) in [6, 6.07) is 15.9. The van der Waals surface area contributed by atoms with Gasteiger partial charge in [-0.1, -0.05) is 34.1 Å². The molecule has 0 radical (unpaired) electrons. The van der Waals surface area contributed by atoms with Gasteiger partial charge in [0, 0.05) is 23.2 Å². The summed E-state index contributed by atoms with van der Waals surface area (Å²) in [6.07, 6.45) is 1.15. The Morgan fingerprint density at radius 3 is 2.35 bits per heavy atom. The SMILES string of the molecule is CCOC(=O)C(=CC(=O)c1ccc(Br)cc1)Nc1c(C)n(C)n(-c2ccccc2)c1=O. The zero-order chi connectivity index (χ0) is 22.5. The lowest BCUT2D eigenvalue weighted by Gasteiger charge is -2.09. The Morgan fingerprint density at radius 2 is 1.74 bits per heavy atom. The molecule has 0 saturated carbocycles. The quantitative estimate of drug-likeness (QED) is 0.312. The van der Waals surface area contributed by atoms with E-state index in [1.165, 1.54) is 4.68 Å². The zero-order valence-corrected chi connectivity index (χ0v) is 19.0. The van der Waals surface area contributed by atoms with Crippen LogP contribution in [0.2, 0.25) is 0 Å². The number of benzene rings is 2. The van der Waals surface area contributed by atoms with Crippen LogP contribution >= 0.6 is 15.9 Å². The van der Waals surface area contributed by atoms with Crippen molar-refractivity contribution in [3.63, 3.8) is 0 Å². The molecule has 160 valence electrons. The fourth-order valence-corrected chi connectivity index (χ4v) is 3.29. The first-order valence-electron chi connectivity index (χ1n) is 9.63. The molecule has 3 rings (SSSR count). The summed E-state index contributed by atoms with van der Waals surface area (Å²) in [6.45, 7) is 3.55. The van der Waals surface area contributed by atoms with Gasteiger partial charge in [0.15, 0.2) is 5.78 Å². The van der Waals surface area contributed by atoms with Gasteiger partial charge in [-0.05, 0) is 50.2 Å². The van der Waals surface area contributed by atoms with Gasteiger partial charge < -0.3 is 10.1 Å². The molecule has 0 fully saturated rings. The number of carbonyl (C=O) groups excluding carboxylic acids is 2. The number of anilines is 1. The lowest BCUT2D eigenvalue weighted by atomic mass is 10.1. The molecular formula is C23H22BrN3O4. The van der Waals surface area contributed by atoms with Crippen LogP contribution in [0.15, 0.2) is 75.6 Å². The highest BCUT2D eigenvalue weighted by Crippen LogP contribution is 2.17. The van der Waals surface area contributed by atoms with E-state index in [4.69, 9.17) is 4.74 Å². The topological polar surface area (TPSA) is 82.3 Å². The summed E-state index contributed by atoms with van der Waals surface area (Å²) in [4.78, 5) is 38.4. The molecule has 0 aliphatic carbocycles. The molecule has 3 aromatic rings. The third kappa shape index (κ3) is 4.86. The Kier molecular flexibility index (Phi) is 6.91. The highest BCUT2D eigenvalue weighted by molar-refractivity contribution is 9.10. The largest absolute Gasteiger partial charge is 0.461 e. The van der Waals surface area contributed by atoms with Gasteiger partial charge in [0.05, 0.1) is 18.0 Å². The van der Waals surface area contributed by atoms with Crippen molar-refractivity contribution < 1.29 is 14.3 Å². The first-order valence-corrected chi connectivity index (χ1v) is 10.4. The number of nitrogens with one attached hydrogen (secondary N) is 1.